The van der Waals surface area contributed by atoms with Gasteiger partial charge in [0.2, 0.25) is 0 Å². The number of amidine groups is 1. The van der Waals surface area contributed by atoms with E-state index in [1.807, 2.05) is 11.8 Å². The van der Waals surface area contributed by atoms with Crippen LogP contribution in [0, 0.1) is 11.8 Å². The highest BCUT2D eigenvalue weighted by Crippen LogP contribution is 2.30. The predicted molar refractivity (Wildman–Crippen MR) is 82.3 cm³/mol. The van der Waals surface area contributed by atoms with Gasteiger partial charge in [-0.1, -0.05) is 51.3 Å². The highest BCUT2D eigenvalue weighted by molar-refractivity contribution is 8.14. The Bertz CT molecular complexity index is 270. The normalized spacial score (nSPS) is 32.3. The predicted octanol–water partition coefficient (Wildman–Crippen LogP) is 4.06. The molecule has 0 aromatic carbocycles. The molecule has 1 atom stereocenters. The minimum absolute atomic E-state index is 0.744. The molecule has 0 amide bonds. The first-order chi connectivity index (χ1) is 8.81. The van der Waals surface area contributed by atoms with Crippen molar-refractivity contribution in [2.75, 3.05) is 13.1 Å². The number of thioether (sulfide) groups is 1. The van der Waals surface area contributed by atoms with Crippen LogP contribution in [0.15, 0.2) is 4.99 Å². The quantitative estimate of drug-likeness (QED) is 0.813. The second-order valence-electron chi connectivity index (χ2n) is 5.85. The van der Waals surface area contributed by atoms with Crippen molar-refractivity contribution in [2.45, 2.75) is 64.0 Å². The van der Waals surface area contributed by atoms with Crippen LogP contribution in [0.5, 0.6) is 0 Å². The maximum absolute atomic E-state index is 4.62. The van der Waals surface area contributed by atoms with Gasteiger partial charge in [-0.15, -0.1) is 0 Å². The van der Waals surface area contributed by atoms with Gasteiger partial charge in [0.05, 0.1) is 6.54 Å². The molecule has 2 aliphatic rings. The summed E-state index contributed by atoms with van der Waals surface area (Å²) in [6.45, 7) is 6.78. The smallest absolute Gasteiger partial charge is 0.156 e. The second-order valence-corrected chi connectivity index (χ2v) is 7.14. The molecule has 18 heavy (non-hydrogen) atoms. The van der Waals surface area contributed by atoms with E-state index in [9.17, 15) is 0 Å². The average molecular weight is 268 g/mol. The second kappa shape index (κ2) is 7.42. The molecule has 0 aromatic rings. The highest BCUT2D eigenvalue weighted by Gasteiger charge is 2.22. The molecule has 0 radical (unpaired) electrons. The lowest BCUT2D eigenvalue weighted by Crippen LogP contribution is -2.29. The Hall–Kier alpha value is -0.180. The molecule has 1 unspecified atom stereocenters. The molecule has 1 saturated carbocycles. The average Bonchev–Trinajstić information content (AvgIpc) is 2.85. The molecule has 1 aliphatic heterocycles. The third-order valence-electron chi connectivity index (χ3n) is 4.41. The van der Waals surface area contributed by atoms with E-state index in [0.29, 0.717) is 0 Å². The number of hydrogen-bond donors (Lipinski definition) is 1. The summed E-state index contributed by atoms with van der Waals surface area (Å²) in [5, 5.41) is 5.54. The maximum Gasteiger partial charge on any atom is 0.156 e. The molecule has 0 saturated heterocycles. The van der Waals surface area contributed by atoms with Crippen molar-refractivity contribution in [1.82, 2.24) is 5.32 Å². The molecule has 1 aliphatic carbocycles. The Balaban J connectivity index is 1.61. The fourth-order valence-corrected chi connectivity index (χ4v) is 4.20. The lowest BCUT2D eigenvalue weighted by atomic mass is 9.81. The molecule has 1 heterocycles. The van der Waals surface area contributed by atoms with Crippen molar-refractivity contribution in [3.8, 4) is 0 Å². The van der Waals surface area contributed by atoms with Crippen molar-refractivity contribution < 1.29 is 0 Å². The van der Waals surface area contributed by atoms with Crippen LogP contribution in [0.4, 0.5) is 0 Å². The third kappa shape index (κ3) is 4.18. The van der Waals surface area contributed by atoms with Crippen LogP contribution in [0.25, 0.3) is 0 Å². The molecule has 2 rings (SSSR count). The monoisotopic (exact) mass is 268 g/mol. The van der Waals surface area contributed by atoms with Crippen LogP contribution < -0.4 is 5.32 Å². The van der Waals surface area contributed by atoms with E-state index in [2.05, 4.69) is 24.2 Å². The first-order valence-corrected chi connectivity index (χ1v) is 8.64. The minimum atomic E-state index is 0.744. The lowest BCUT2D eigenvalue weighted by molar-refractivity contribution is 0.269. The summed E-state index contributed by atoms with van der Waals surface area (Å²) >= 11 is 1.97. The number of nitrogens with zero attached hydrogens (tertiary/aromatic N) is 1. The van der Waals surface area contributed by atoms with Crippen LogP contribution in [-0.4, -0.2) is 23.5 Å². The molecule has 1 fully saturated rings. The van der Waals surface area contributed by atoms with Crippen LogP contribution >= 0.6 is 11.8 Å². The zero-order valence-electron chi connectivity index (χ0n) is 12.0. The Labute approximate surface area is 116 Å². The summed E-state index contributed by atoms with van der Waals surface area (Å²) in [4.78, 5) is 4.62. The van der Waals surface area contributed by atoms with Crippen molar-refractivity contribution in [3.05, 3.63) is 0 Å². The minimum Gasteiger partial charge on any atom is -0.365 e. The van der Waals surface area contributed by atoms with Gasteiger partial charge in [-0.25, -0.2) is 0 Å². The Morgan fingerprint density at radius 1 is 1.17 bits per heavy atom. The van der Waals surface area contributed by atoms with Crippen molar-refractivity contribution >= 4 is 16.9 Å². The Kier molecular flexibility index (Phi) is 5.87. The van der Waals surface area contributed by atoms with Gasteiger partial charge < -0.3 is 5.32 Å². The SMILES string of the molecule is CCCC1CN=C(NCC2CCC(CC)CC2)S1. The van der Waals surface area contributed by atoms with E-state index in [4.69, 9.17) is 0 Å². The van der Waals surface area contributed by atoms with Crippen LogP contribution in [-0.2, 0) is 0 Å². The summed E-state index contributed by atoms with van der Waals surface area (Å²) in [6.07, 6.45) is 9.69. The van der Waals surface area contributed by atoms with Crippen LogP contribution in [0.2, 0.25) is 0 Å². The van der Waals surface area contributed by atoms with Crippen LogP contribution in [0.1, 0.15) is 58.8 Å². The van der Waals surface area contributed by atoms with E-state index in [1.54, 1.807) is 0 Å². The molecule has 0 aromatic heterocycles. The van der Waals surface area contributed by atoms with Gasteiger partial charge in [0, 0.05) is 11.8 Å². The largest absolute Gasteiger partial charge is 0.365 e. The van der Waals surface area contributed by atoms with Crippen molar-refractivity contribution in [1.29, 1.82) is 0 Å². The zero-order valence-corrected chi connectivity index (χ0v) is 12.8. The van der Waals surface area contributed by atoms with Crippen LogP contribution in [0.3, 0.4) is 0 Å². The molecular weight excluding hydrogens is 240 g/mol. The van der Waals surface area contributed by atoms with Gasteiger partial charge in [-0.05, 0) is 31.1 Å². The summed E-state index contributed by atoms with van der Waals surface area (Å²) in [7, 11) is 0. The summed E-state index contributed by atoms with van der Waals surface area (Å²) in [5.74, 6) is 1.90. The standard InChI is InChI=1S/C15H28N2S/c1-3-5-14-11-17-15(18-14)16-10-13-8-6-12(4-2)7-9-13/h12-14H,3-11H2,1-2H3,(H,16,17). The van der Waals surface area contributed by atoms with Crippen molar-refractivity contribution in [3.63, 3.8) is 0 Å². The van der Waals surface area contributed by atoms with Gasteiger partial charge >= 0.3 is 0 Å². The zero-order chi connectivity index (χ0) is 12.8. The number of hydrogen-bond acceptors (Lipinski definition) is 3. The lowest BCUT2D eigenvalue weighted by Gasteiger charge is -2.28. The molecule has 0 spiro atoms. The summed E-state index contributed by atoms with van der Waals surface area (Å²) in [5.41, 5.74) is 0. The first-order valence-electron chi connectivity index (χ1n) is 7.76. The summed E-state index contributed by atoms with van der Waals surface area (Å²) < 4.78 is 0. The fourth-order valence-electron chi connectivity index (χ4n) is 3.06. The van der Waals surface area contributed by atoms with Gasteiger partial charge in [-0.2, -0.15) is 0 Å². The fraction of sp³-hybridized carbons (Fsp3) is 0.933. The van der Waals surface area contributed by atoms with E-state index in [1.165, 1.54) is 50.1 Å². The topological polar surface area (TPSA) is 24.4 Å². The molecular formula is C15H28N2S. The van der Waals surface area contributed by atoms with E-state index in [0.717, 1.165) is 30.2 Å². The number of aliphatic imine (C=N–C) groups is 1. The number of nitrogens with one attached hydrogen (secondary N) is 1. The molecule has 0 bridgehead atoms. The molecule has 1 N–H and O–H groups in total. The van der Waals surface area contributed by atoms with Gasteiger partial charge in [0.25, 0.3) is 0 Å². The third-order valence-corrected chi connectivity index (χ3v) is 5.63. The maximum atomic E-state index is 4.62. The molecule has 2 nitrogen and oxygen atoms in total. The van der Waals surface area contributed by atoms with Gasteiger partial charge in [0.1, 0.15) is 0 Å². The van der Waals surface area contributed by atoms with E-state index < -0.39 is 0 Å². The van der Waals surface area contributed by atoms with Crippen molar-refractivity contribution in [2.24, 2.45) is 16.8 Å². The summed E-state index contributed by atoms with van der Waals surface area (Å²) in [6, 6.07) is 0. The van der Waals surface area contributed by atoms with Gasteiger partial charge in [0.15, 0.2) is 5.17 Å². The first kappa shape index (κ1) is 14.2. The molecule has 104 valence electrons. The Morgan fingerprint density at radius 2 is 1.89 bits per heavy atom. The van der Waals surface area contributed by atoms with Gasteiger partial charge in [-0.3, -0.25) is 4.99 Å². The highest BCUT2D eigenvalue weighted by atomic mass is 32.2. The van der Waals surface area contributed by atoms with E-state index in [-0.39, 0.29) is 0 Å². The van der Waals surface area contributed by atoms with E-state index >= 15 is 0 Å². The Morgan fingerprint density at radius 3 is 2.56 bits per heavy atom. The number of rotatable bonds is 5. The molecule has 3 heteroatoms.